The Labute approximate surface area is 186 Å². The normalized spacial score (nSPS) is 12.9. The number of nitrogen functional groups attached to an aromatic ring is 1. The second kappa shape index (κ2) is 8.55. The predicted molar refractivity (Wildman–Crippen MR) is 126 cm³/mol. The number of hydrogen-bond acceptors (Lipinski definition) is 5. The summed E-state index contributed by atoms with van der Waals surface area (Å²) >= 11 is 0. The van der Waals surface area contributed by atoms with E-state index in [1.54, 1.807) is 24.4 Å². The molecule has 0 saturated carbocycles. The van der Waals surface area contributed by atoms with Crippen molar-refractivity contribution in [2.45, 2.75) is 19.5 Å². The van der Waals surface area contributed by atoms with Crippen molar-refractivity contribution in [2.24, 2.45) is 0 Å². The van der Waals surface area contributed by atoms with Crippen molar-refractivity contribution in [1.29, 1.82) is 0 Å². The first kappa shape index (κ1) is 19.8. The van der Waals surface area contributed by atoms with Gasteiger partial charge in [-0.05, 0) is 29.8 Å². The van der Waals surface area contributed by atoms with Gasteiger partial charge in [0.1, 0.15) is 11.6 Å². The Kier molecular flexibility index (Phi) is 5.29. The first-order chi connectivity index (χ1) is 15.7. The molecule has 1 amide bonds. The molecule has 0 spiro atoms. The third kappa shape index (κ3) is 4.05. The van der Waals surface area contributed by atoms with Gasteiger partial charge in [0.2, 0.25) is 0 Å². The van der Waals surface area contributed by atoms with Crippen LogP contribution in [0.5, 0.6) is 0 Å². The van der Waals surface area contributed by atoms with Crippen LogP contribution in [0.1, 0.15) is 27.4 Å². The summed E-state index contributed by atoms with van der Waals surface area (Å²) in [4.78, 5) is 23.9. The minimum Gasteiger partial charge on any atom is -0.397 e. The largest absolute Gasteiger partial charge is 0.397 e. The maximum Gasteiger partial charge on any atom is 0.257 e. The van der Waals surface area contributed by atoms with Crippen LogP contribution in [0.2, 0.25) is 0 Å². The molecule has 3 N–H and O–H groups in total. The van der Waals surface area contributed by atoms with E-state index in [2.05, 4.69) is 49.0 Å². The third-order valence-electron chi connectivity index (χ3n) is 5.72. The number of anilines is 3. The quantitative estimate of drug-likeness (QED) is 0.477. The lowest BCUT2D eigenvalue weighted by Crippen LogP contribution is -2.35. The van der Waals surface area contributed by atoms with E-state index in [1.807, 2.05) is 30.5 Å². The van der Waals surface area contributed by atoms with Gasteiger partial charge in [0.25, 0.3) is 5.91 Å². The van der Waals surface area contributed by atoms with E-state index < -0.39 is 0 Å². The Morgan fingerprint density at radius 1 is 0.938 bits per heavy atom. The van der Waals surface area contributed by atoms with Crippen molar-refractivity contribution in [3.05, 3.63) is 102 Å². The molecule has 160 valence electrons. The molecule has 0 unspecified atom stereocenters. The SMILES string of the molecule is Nc1ccccc1NC(=O)c1ccc(N2CCn3c(Cc4ccccc4)cnc3C2)nc1. The second-order valence-electron chi connectivity index (χ2n) is 7.85. The molecule has 0 atom stereocenters. The molecular weight excluding hydrogens is 400 g/mol. The summed E-state index contributed by atoms with van der Waals surface area (Å²) < 4.78 is 2.30. The Bertz CT molecular complexity index is 1230. The number of fused-ring (bicyclic) bond motifs is 1. The number of carbonyl (C=O) groups is 1. The first-order valence-electron chi connectivity index (χ1n) is 10.6. The third-order valence-corrected chi connectivity index (χ3v) is 5.72. The van der Waals surface area contributed by atoms with E-state index in [0.29, 0.717) is 23.5 Å². The van der Waals surface area contributed by atoms with Crippen molar-refractivity contribution < 1.29 is 4.79 Å². The summed E-state index contributed by atoms with van der Waals surface area (Å²) in [5.74, 6) is 1.63. The van der Waals surface area contributed by atoms with Crippen LogP contribution >= 0.6 is 0 Å². The predicted octanol–water partition coefficient (Wildman–Crippen LogP) is 3.72. The fraction of sp³-hybridized carbons (Fsp3) is 0.160. The highest BCUT2D eigenvalue weighted by Gasteiger charge is 2.21. The van der Waals surface area contributed by atoms with Crippen LogP contribution in [0, 0.1) is 0 Å². The Morgan fingerprint density at radius 2 is 1.75 bits per heavy atom. The number of rotatable bonds is 5. The standard InChI is InChI=1S/C25H24N6O/c26-21-8-4-5-9-22(21)29-25(32)19-10-11-23(27-15-19)30-12-13-31-20(16-28-24(31)17-30)14-18-6-2-1-3-7-18/h1-11,15-16H,12-14,17,26H2,(H,29,32). The lowest BCUT2D eigenvalue weighted by molar-refractivity contribution is 0.102. The number of imidazole rings is 1. The van der Waals surface area contributed by atoms with Gasteiger partial charge in [0.15, 0.2) is 0 Å². The van der Waals surface area contributed by atoms with Crippen molar-refractivity contribution in [3.8, 4) is 0 Å². The highest BCUT2D eigenvalue weighted by atomic mass is 16.1. The van der Waals surface area contributed by atoms with E-state index in [0.717, 1.165) is 31.2 Å². The number of hydrogen-bond donors (Lipinski definition) is 2. The summed E-state index contributed by atoms with van der Waals surface area (Å²) in [5, 5.41) is 2.83. The number of benzene rings is 2. The summed E-state index contributed by atoms with van der Waals surface area (Å²) in [6.45, 7) is 2.38. The van der Waals surface area contributed by atoms with E-state index in [4.69, 9.17) is 5.73 Å². The van der Waals surface area contributed by atoms with Crippen molar-refractivity contribution in [1.82, 2.24) is 14.5 Å². The molecule has 7 nitrogen and oxygen atoms in total. The molecule has 4 aromatic rings. The highest BCUT2D eigenvalue weighted by Crippen LogP contribution is 2.22. The second-order valence-corrected chi connectivity index (χ2v) is 7.85. The number of aromatic nitrogens is 3. The van der Waals surface area contributed by atoms with Crippen LogP contribution in [0.4, 0.5) is 17.2 Å². The fourth-order valence-corrected chi connectivity index (χ4v) is 3.98. The van der Waals surface area contributed by atoms with E-state index >= 15 is 0 Å². The van der Waals surface area contributed by atoms with Gasteiger partial charge in [0.05, 0.1) is 23.5 Å². The molecule has 0 aliphatic carbocycles. The lowest BCUT2D eigenvalue weighted by Gasteiger charge is -2.29. The van der Waals surface area contributed by atoms with Gasteiger partial charge >= 0.3 is 0 Å². The van der Waals surface area contributed by atoms with Gasteiger partial charge in [-0.2, -0.15) is 0 Å². The summed E-state index contributed by atoms with van der Waals surface area (Å²) in [7, 11) is 0. The molecule has 0 radical (unpaired) electrons. The molecule has 2 aromatic heterocycles. The minimum atomic E-state index is -0.235. The maximum atomic E-state index is 12.5. The molecule has 3 heterocycles. The molecule has 5 rings (SSSR count). The van der Waals surface area contributed by atoms with E-state index in [9.17, 15) is 4.79 Å². The molecule has 0 bridgehead atoms. The molecule has 2 aromatic carbocycles. The number of para-hydroxylation sites is 2. The van der Waals surface area contributed by atoms with Crippen LogP contribution in [0.25, 0.3) is 0 Å². The summed E-state index contributed by atoms with van der Waals surface area (Å²) in [5.41, 5.74) is 10.0. The highest BCUT2D eigenvalue weighted by molar-refractivity contribution is 6.05. The molecule has 0 fully saturated rings. The van der Waals surface area contributed by atoms with Crippen molar-refractivity contribution >= 4 is 23.1 Å². The number of carbonyl (C=O) groups excluding carboxylic acids is 1. The van der Waals surface area contributed by atoms with Crippen LogP contribution in [-0.2, 0) is 19.5 Å². The Hall–Kier alpha value is -4.13. The molecule has 1 aliphatic heterocycles. The first-order valence-corrected chi connectivity index (χ1v) is 10.6. The van der Waals surface area contributed by atoms with Crippen LogP contribution in [0.15, 0.2) is 79.1 Å². The molecule has 0 saturated heterocycles. The van der Waals surface area contributed by atoms with Gasteiger partial charge in [-0.25, -0.2) is 9.97 Å². The Balaban J connectivity index is 1.26. The zero-order valence-electron chi connectivity index (χ0n) is 17.6. The molecular formula is C25H24N6O. The number of amides is 1. The summed E-state index contributed by atoms with van der Waals surface area (Å²) in [6, 6.07) is 21.3. The number of nitrogens with one attached hydrogen (secondary N) is 1. The van der Waals surface area contributed by atoms with Crippen LogP contribution in [0.3, 0.4) is 0 Å². The minimum absolute atomic E-state index is 0.235. The Morgan fingerprint density at radius 3 is 2.53 bits per heavy atom. The van der Waals surface area contributed by atoms with Gasteiger partial charge in [-0.3, -0.25) is 4.79 Å². The molecule has 32 heavy (non-hydrogen) atoms. The van der Waals surface area contributed by atoms with Crippen molar-refractivity contribution in [3.63, 3.8) is 0 Å². The topological polar surface area (TPSA) is 89.1 Å². The van der Waals surface area contributed by atoms with Crippen LogP contribution < -0.4 is 16.0 Å². The number of pyridine rings is 1. The molecule has 1 aliphatic rings. The summed E-state index contributed by atoms with van der Waals surface area (Å²) in [6.07, 6.45) is 4.45. The zero-order valence-corrected chi connectivity index (χ0v) is 17.6. The van der Waals surface area contributed by atoms with Gasteiger partial charge in [-0.15, -0.1) is 0 Å². The maximum absolute atomic E-state index is 12.5. The number of nitrogens with zero attached hydrogens (tertiary/aromatic N) is 4. The van der Waals surface area contributed by atoms with Gasteiger partial charge in [-0.1, -0.05) is 42.5 Å². The number of nitrogens with two attached hydrogens (primary N) is 1. The average Bonchev–Trinajstić information content (AvgIpc) is 3.23. The average molecular weight is 425 g/mol. The zero-order chi connectivity index (χ0) is 21.9. The van der Waals surface area contributed by atoms with Gasteiger partial charge in [0, 0.05) is 37.6 Å². The fourth-order valence-electron chi connectivity index (χ4n) is 3.98. The van der Waals surface area contributed by atoms with E-state index in [1.165, 1.54) is 11.3 Å². The lowest BCUT2D eigenvalue weighted by atomic mass is 10.1. The van der Waals surface area contributed by atoms with Gasteiger partial charge < -0.3 is 20.5 Å². The monoisotopic (exact) mass is 424 g/mol. The van der Waals surface area contributed by atoms with Crippen molar-refractivity contribution in [2.75, 3.05) is 22.5 Å². The molecule has 7 heteroatoms. The van der Waals surface area contributed by atoms with E-state index in [-0.39, 0.29) is 5.91 Å². The smallest absolute Gasteiger partial charge is 0.257 e. The van der Waals surface area contributed by atoms with Crippen LogP contribution in [-0.4, -0.2) is 27.0 Å².